The SMILES string of the molecule is CCCCNC(=O)c1ccc(CNC(=NC)NCCc2ccc3c(c2)CCO3)cc1. The first-order valence-corrected chi connectivity index (χ1v) is 10.8. The Kier molecular flexibility index (Phi) is 8.12. The third-order valence-corrected chi connectivity index (χ3v) is 5.18. The van der Waals surface area contributed by atoms with Crippen LogP contribution >= 0.6 is 0 Å². The molecule has 0 aliphatic carbocycles. The number of benzene rings is 2. The lowest BCUT2D eigenvalue weighted by molar-refractivity contribution is 0.0953. The van der Waals surface area contributed by atoms with Crippen molar-refractivity contribution < 1.29 is 9.53 Å². The van der Waals surface area contributed by atoms with Crippen molar-refractivity contribution in [1.82, 2.24) is 16.0 Å². The van der Waals surface area contributed by atoms with E-state index in [4.69, 9.17) is 4.74 Å². The Morgan fingerprint density at radius 2 is 1.83 bits per heavy atom. The van der Waals surface area contributed by atoms with Gasteiger partial charge < -0.3 is 20.7 Å². The standard InChI is InChI=1S/C24H32N4O2/c1-3-4-13-26-23(29)20-8-5-19(6-9-20)17-28-24(25-2)27-14-11-18-7-10-22-21(16-18)12-15-30-22/h5-10,16H,3-4,11-15,17H2,1-2H3,(H,26,29)(H2,25,27,28). The minimum absolute atomic E-state index is 0.0152. The van der Waals surface area contributed by atoms with Gasteiger partial charge in [0.1, 0.15) is 5.75 Å². The first kappa shape index (κ1) is 21.7. The highest BCUT2D eigenvalue weighted by atomic mass is 16.5. The van der Waals surface area contributed by atoms with Gasteiger partial charge in [-0.1, -0.05) is 37.6 Å². The highest BCUT2D eigenvalue weighted by Crippen LogP contribution is 2.25. The van der Waals surface area contributed by atoms with Gasteiger partial charge in [0.15, 0.2) is 5.96 Å². The minimum Gasteiger partial charge on any atom is -0.493 e. The van der Waals surface area contributed by atoms with E-state index in [2.05, 4.69) is 46.1 Å². The maximum atomic E-state index is 12.1. The molecular formula is C24H32N4O2. The highest BCUT2D eigenvalue weighted by molar-refractivity contribution is 5.94. The van der Waals surface area contributed by atoms with Crippen LogP contribution in [0.3, 0.4) is 0 Å². The van der Waals surface area contributed by atoms with Crippen LogP contribution in [0.4, 0.5) is 0 Å². The lowest BCUT2D eigenvalue weighted by Gasteiger charge is -2.12. The Labute approximate surface area is 179 Å². The summed E-state index contributed by atoms with van der Waals surface area (Å²) >= 11 is 0. The van der Waals surface area contributed by atoms with Crippen molar-refractivity contribution in [1.29, 1.82) is 0 Å². The summed E-state index contributed by atoms with van der Waals surface area (Å²) in [4.78, 5) is 16.4. The van der Waals surface area contributed by atoms with Gasteiger partial charge in [0.25, 0.3) is 5.91 Å². The van der Waals surface area contributed by atoms with Crippen LogP contribution in [0.15, 0.2) is 47.5 Å². The van der Waals surface area contributed by atoms with Crippen LogP contribution in [-0.4, -0.2) is 38.6 Å². The molecule has 0 bridgehead atoms. The molecule has 0 fully saturated rings. The summed E-state index contributed by atoms with van der Waals surface area (Å²) in [5.74, 6) is 1.77. The average molecular weight is 409 g/mol. The van der Waals surface area contributed by atoms with Crippen LogP contribution in [0.2, 0.25) is 0 Å². The third kappa shape index (κ3) is 6.24. The molecule has 6 heteroatoms. The summed E-state index contributed by atoms with van der Waals surface area (Å²) in [7, 11) is 1.77. The minimum atomic E-state index is -0.0152. The number of amides is 1. The Hall–Kier alpha value is -3.02. The number of fused-ring (bicyclic) bond motifs is 1. The summed E-state index contributed by atoms with van der Waals surface area (Å²) < 4.78 is 5.56. The zero-order valence-electron chi connectivity index (χ0n) is 18.0. The number of aliphatic imine (C=N–C) groups is 1. The molecular weight excluding hydrogens is 376 g/mol. The second-order valence-corrected chi connectivity index (χ2v) is 7.45. The second kappa shape index (κ2) is 11.2. The van der Waals surface area contributed by atoms with E-state index in [-0.39, 0.29) is 5.91 Å². The van der Waals surface area contributed by atoms with Crippen LogP contribution in [0.5, 0.6) is 5.75 Å². The third-order valence-electron chi connectivity index (χ3n) is 5.18. The van der Waals surface area contributed by atoms with Gasteiger partial charge in [-0.05, 0) is 47.7 Å². The van der Waals surface area contributed by atoms with Gasteiger partial charge in [0.2, 0.25) is 0 Å². The van der Waals surface area contributed by atoms with E-state index in [9.17, 15) is 4.79 Å². The number of guanidine groups is 1. The molecule has 0 saturated heterocycles. The fraction of sp³-hybridized carbons (Fsp3) is 0.417. The number of nitrogens with zero attached hydrogens (tertiary/aromatic N) is 1. The van der Waals surface area contributed by atoms with Crippen molar-refractivity contribution in [3.8, 4) is 5.75 Å². The molecule has 3 N–H and O–H groups in total. The molecule has 1 aliphatic rings. The van der Waals surface area contributed by atoms with Gasteiger partial charge in [0.05, 0.1) is 6.61 Å². The Balaban J connectivity index is 1.41. The Bertz CT molecular complexity index is 862. The Morgan fingerprint density at radius 1 is 1.03 bits per heavy atom. The maximum Gasteiger partial charge on any atom is 0.251 e. The van der Waals surface area contributed by atoms with Crippen LogP contribution in [-0.2, 0) is 19.4 Å². The van der Waals surface area contributed by atoms with E-state index in [0.717, 1.165) is 62.7 Å². The van der Waals surface area contributed by atoms with Crippen LogP contribution in [0.1, 0.15) is 46.8 Å². The molecule has 3 rings (SSSR count). The molecule has 2 aromatic rings. The van der Waals surface area contributed by atoms with Gasteiger partial charge in [-0.2, -0.15) is 0 Å². The van der Waals surface area contributed by atoms with Crippen LogP contribution < -0.4 is 20.7 Å². The average Bonchev–Trinajstić information content (AvgIpc) is 3.24. The maximum absolute atomic E-state index is 12.1. The lowest BCUT2D eigenvalue weighted by Crippen LogP contribution is -2.37. The zero-order chi connectivity index (χ0) is 21.2. The van der Waals surface area contributed by atoms with Gasteiger partial charge in [0, 0.05) is 38.7 Å². The molecule has 0 atom stereocenters. The zero-order valence-corrected chi connectivity index (χ0v) is 18.0. The predicted molar refractivity (Wildman–Crippen MR) is 121 cm³/mol. The van der Waals surface area contributed by atoms with Crippen molar-refractivity contribution >= 4 is 11.9 Å². The molecule has 30 heavy (non-hydrogen) atoms. The number of nitrogens with one attached hydrogen (secondary N) is 3. The molecule has 2 aromatic carbocycles. The lowest BCUT2D eigenvalue weighted by atomic mass is 10.1. The summed E-state index contributed by atoms with van der Waals surface area (Å²) in [5, 5.41) is 9.62. The summed E-state index contributed by atoms with van der Waals surface area (Å²) in [6.45, 7) is 5.07. The molecule has 0 unspecified atom stereocenters. The largest absolute Gasteiger partial charge is 0.493 e. The molecule has 160 valence electrons. The first-order valence-electron chi connectivity index (χ1n) is 10.8. The Morgan fingerprint density at radius 3 is 2.60 bits per heavy atom. The fourth-order valence-electron chi connectivity index (χ4n) is 3.38. The van der Waals surface area contributed by atoms with E-state index < -0.39 is 0 Å². The first-order chi connectivity index (χ1) is 14.7. The summed E-state index contributed by atoms with van der Waals surface area (Å²) in [6.07, 6.45) is 4.00. The number of rotatable bonds is 9. The molecule has 1 amide bonds. The van der Waals surface area contributed by atoms with E-state index in [1.807, 2.05) is 24.3 Å². The highest BCUT2D eigenvalue weighted by Gasteiger charge is 2.11. The number of hydrogen-bond acceptors (Lipinski definition) is 3. The van der Waals surface area contributed by atoms with Crippen molar-refractivity contribution in [2.75, 3.05) is 26.7 Å². The normalized spacial score (nSPS) is 12.8. The number of carbonyl (C=O) groups is 1. The summed E-state index contributed by atoms with van der Waals surface area (Å²) in [6, 6.07) is 14.1. The number of hydrogen-bond donors (Lipinski definition) is 3. The van der Waals surface area contributed by atoms with E-state index in [0.29, 0.717) is 12.1 Å². The van der Waals surface area contributed by atoms with Gasteiger partial charge >= 0.3 is 0 Å². The quantitative estimate of drug-likeness (QED) is 0.339. The number of ether oxygens (including phenoxy) is 1. The molecule has 0 spiro atoms. The van der Waals surface area contributed by atoms with Gasteiger partial charge in [-0.3, -0.25) is 9.79 Å². The molecule has 1 heterocycles. The van der Waals surface area contributed by atoms with Crippen molar-refractivity contribution in [2.45, 2.75) is 39.2 Å². The molecule has 0 aromatic heterocycles. The second-order valence-electron chi connectivity index (χ2n) is 7.45. The van der Waals surface area contributed by atoms with Crippen LogP contribution in [0, 0.1) is 0 Å². The smallest absolute Gasteiger partial charge is 0.251 e. The monoisotopic (exact) mass is 408 g/mol. The van der Waals surface area contributed by atoms with E-state index in [1.165, 1.54) is 11.1 Å². The van der Waals surface area contributed by atoms with Gasteiger partial charge in [-0.15, -0.1) is 0 Å². The molecule has 0 radical (unpaired) electrons. The molecule has 0 saturated carbocycles. The fourth-order valence-corrected chi connectivity index (χ4v) is 3.38. The topological polar surface area (TPSA) is 74.8 Å². The van der Waals surface area contributed by atoms with Crippen molar-refractivity contribution in [3.63, 3.8) is 0 Å². The van der Waals surface area contributed by atoms with Crippen LogP contribution in [0.25, 0.3) is 0 Å². The van der Waals surface area contributed by atoms with Crippen molar-refractivity contribution in [2.24, 2.45) is 4.99 Å². The number of carbonyl (C=O) groups excluding carboxylic acids is 1. The predicted octanol–water partition coefficient (Wildman–Crippen LogP) is 3.06. The molecule has 1 aliphatic heterocycles. The van der Waals surface area contributed by atoms with E-state index in [1.54, 1.807) is 7.05 Å². The van der Waals surface area contributed by atoms with E-state index >= 15 is 0 Å². The van der Waals surface area contributed by atoms with Crippen molar-refractivity contribution in [3.05, 3.63) is 64.7 Å². The summed E-state index contributed by atoms with van der Waals surface area (Å²) in [5.41, 5.74) is 4.39. The van der Waals surface area contributed by atoms with Gasteiger partial charge in [-0.25, -0.2) is 0 Å². The molecule has 6 nitrogen and oxygen atoms in total. The number of unbranched alkanes of at least 4 members (excludes halogenated alkanes) is 1.